The number of phenolic OH excluding ortho intramolecular Hbond substituents is 2. The maximum atomic E-state index is 12.5. The predicted molar refractivity (Wildman–Crippen MR) is 105 cm³/mol. The second kappa shape index (κ2) is 7.59. The highest BCUT2D eigenvalue weighted by Gasteiger charge is 2.33. The Kier molecular flexibility index (Phi) is 5.24. The fourth-order valence-electron chi connectivity index (χ4n) is 2.29. The molecule has 8 heteroatoms. The number of aromatic hydroxyl groups is 2. The van der Waals surface area contributed by atoms with Gasteiger partial charge in [0.15, 0.2) is 0 Å². The van der Waals surface area contributed by atoms with E-state index in [-0.39, 0.29) is 24.0 Å². The molecule has 26 heavy (non-hydrogen) atoms. The van der Waals surface area contributed by atoms with Gasteiger partial charge in [0.05, 0.1) is 4.91 Å². The number of thiocarbonyl (C=S) groups is 1. The van der Waals surface area contributed by atoms with Crippen molar-refractivity contribution in [3.8, 4) is 11.5 Å². The molecular formula is C18H14N2O4S2. The third-order valence-electron chi connectivity index (χ3n) is 3.49. The highest BCUT2D eigenvalue weighted by Crippen LogP contribution is 2.32. The van der Waals surface area contributed by atoms with Crippen molar-refractivity contribution in [2.75, 3.05) is 11.9 Å². The van der Waals surface area contributed by atoms with Crippen LogP contribution < -0.4 is 5.32 Å². The summed E-state index contributed by atoms with van der Waals surface area (Å²) in [6.45, 7) is -0.205. The molecule has 2 aromatic carbocycles. The number of carbonyl (C=O) groups excluding carboxylic acids is 2. The summed E-state index contributed by atoms with van der Waals surface area (Å²) in [6, 6.07) is 12.5. The van der Waals surface area contributed by atoms with Gasteiger partial charge in [-0.25, -0.2) is 0 Å². The zero-order valence-electron chi connectivity index (χ0n) is 13.4. The Labute approximate surface area is 159 Å². The molecule has 0 atom stereocenters. The Morgan fingerprint density at radius 3 is 2.58 bits per heavy atom. The molecule has 1 saturated heterocycles. The molecule has 0 unspecified atom stereocenters. The number of nitrogens with one attached hydrogen (secondary N) is 1. The molecule has 1 aliphatic heterocycles. The van der Waals surface area contributed by atoms with Crippen LogP contribution >= 0.6 is 24.0 Å². The van der Waals surface area contributed by atoms with Gasteiger partial charge < -0.3 is 15.5 Å². The first kappa shape index (κ1) is 18.0. The van der Waals surface area contributed by atoms with E-state index in [1.807, 2.05) is 0 Å². The van der Waals surface area contributed by atoms with Crippen LogP contribution in [0.25, 0.3) is 6.08 Å². The topological polar surface area (TPSA) is 89.9 Å². The largest absolute Gasteiger partial charge is 0.508 e. The second-order valence-electron chi connectivity index (χ2n) is 5.46. The SMILES string of the molecule is O=C(CN1C(=O)/C(=C/c2cccc(O)c2)SC1=S)Nc1ccc(O)cc1. The lowest BCUT2D eigenvalue weighted by Crippen LogP contribution is -2.36. The zero-order valence-corrected chi connectivity index (χ0v) is 15.0. The molecule has 2 aromatic rings. The monoisotopic (exact) mass is 386 g/mol. The van der Waals surface area contributed by atoms with Gasteiger partial charge in [-0.05, 0) is 48.0 Å². The molecule has 6 nitrogen and oxygen atoms in total. The number of amides is 2. The summed E-state index contributed by atoms with van der Waals surface area (Å²) >= 11 is 6.31. The van der Waals surface area contributed by atoms with Crippen LogP contribution in [0.2, 0.25) is 0 Å². The van der Waals surface area contributed by atoms with Crippen LogP contribution in [0.3, 0.4) is 0 Å². The Hall–Kier alpha value is -2.84. The summed E-state index contributed by atoms with van der Waals surface area (Å²) in [6.07, 6.45) is 1.62. The highest BCUT2D eigenvalue weighted by atomic mass is 32.2. The molecule has 3 N–H and O–H groups in total. The van der Waals surface area contributed by atoms with Crippen molar-refractivity contribution in [1.29, 1.82) is 0 Å². The third kappa shape index (κ3) is 4.22. The van der Waals surface area contributed by atoms with Crippen molar-refractivity contribution in [2.24, 2.45) is 0 Å². The molecule has 1 heterocycles. The zero-order chi connectivity index (χ0) is 18.7. The van der Waals surface area contributed by atoms with Crippen LogP contribution in [-0.4, -0.2) is 37.8 Å². The highest BCUT2D eigenvalue weighted by molar-refractivity contribution is 8.26. The standard InChI is InChI=1S/C18H14N2O4S2/c21-13-6-4-12(5-7-13)19-16(23)10-20-17(24)15(26-18(20)25)9-11-2-1-3-14(22)8-11/h1-9,21-22H,10H2,(H,19,23)/b15-9-. The molecule has 0 aromatic heterocycles. The maximum absolute atomic E-state index is 12.5. The number of rotatable bonds is 4. The Bertz CT molecular complexity index is 910. The number of phenols is 2. The minimum atomic E-state index is -0.398. The number of hydrogen-bond acceptors (Lipinski definition) is 6. The summed E-state index contributed by atoms with van der Waals surface area (Å²) in [7, 11) is 0. The molecule has 0 aliphatic carbocycles. The van der Waals surface area contributed by atoms with Gasteiger partial charge in [0.25, 0.3) is 5.91 Å². The molecule has 0 saturated carbocycles. The minimum Gasteiger partial charge on any atom is -0.508 e. The summed E-state index contributed by atoms with van der Waals surface area (Å²) < 4.78 is 0.294. The summed E-state index contributed by atoms with van der Waals surface area (Å²) in [5.74, 6) is -0.561. The average Bonchev–Trinajstić information content (AvgIpc) is 2.84. The van der Waals surface area contributed by atoms with Gasteiger partial charge in [-0.1, -0.05) is 36.1 Å². The van der Waals surface area contributed by atoms with Crippen molar-refractivity contribution >= 4 is 51.9 Å². The van der Waals surface area contributed by atoms with Crippen LogP contribution in [0.4, 0.5) is 5.69 Å². The number of nitrogens with zero attached hydrogens (tertiary/aromatic N) is 1. The maximum Gasteiger partial charge on any atom is 0.266 e. The number of hydrogen-bond donors (Lipinski definition) is 3. The van der Waals surface area contributed by atoms with Gasteiger partial charge >= 0.3 is 0 Å². The van der Waals surface area contributed by atoms with E-state index < -0.39 is 5.91 Å². The Morgan fingerprint density at radius 2 is 1.88 bits per heavy atom. The van der Waals surface area contributed by atoms with E-state index in [1.54, 1.807) is 30.3 Å². The first-order valence-corrected chi connectivity index (χ1v) is 8.78. The number of carbonyl (C=O) groups is 2. The summed E-state index contributed by atoms with van der Waals surface area (Å²) in [5, 5.41) is 21.4. The van der Waals surface area contributed by atoms with Gasteiger partial charge in [-0.3, -0.25) is 14.5 Å². The van der Waals surface area contributed by atoms with E-state index in [4.69, 9.17) is 12.2 Å². The lowest BCUT2D eigenvalue weighted by atomic mass is 10.2. The first-order chi connectivity index (χ1) is 12.4. The Morgan fingerprint density at radius 1 is 1.15 bits per heavy atom. The van der Waals surface area contributed by atoms with Gasteiger partial charge in [0, 0.05) is 5.69 Å². The van der Waals surface area contributed by atoms with E-state index in [0.717, 1.165) is 11.8 Å². The van der Waals surface area contributed by atoms with E-state index in [0.29, 0.717) is 20.5 Å². The van der Waals surface area contributed by atoms with Crippen LogP contribution in [-0.2, 0) is 9.59 Å². The predicted octanol–water partition coefficient (Wildman–Crippen LogP) is 2.94. The quantitative estimate of drug-likeness (QED) is 0.425. The Balaban J connectivity index is 1.69. The normalized spacial score (nSPS) is 15.5. The van der Waals surface area contributed by atoms with Crippen LogP contribution in [0.15, 0.2) is 53.4 Å². The van der Waals surface area contributed by atoms with Crippen molar-refractivity contribution < 1.29 is 19.8 Å². The number of benzene rings is 2. The lowest BCUT2D eigenvalue weighted by Gasteiger charge is -2.14. The van der Waals surface area contributed by atoms with E-state index in [2.05, 4.69) is 5.32 Å². The molecular weight excluding hydrogens is 372 g/mol. The molecule has 0 radical (unpaired) electrons. The number of thioether (sulfide) groups is 1. The van der Waals surface area contributed by atoms with Gasteiger partial charge in [0.1, 0.15) is 22.4 Å². The second-order valence-corrected chi connectivity index (χ2v) is 7.13. The molecule has 0 bridgehead atoms. The molecule has 2 amide bonds. The third-order valence-corrected chi connectivity index (χ3v) is 4.87. The summed E-state index contributed by atoms with van der Waals surface area (Å²) in [4.78, 5) is 26.3. The molecule has 0 spiro atoms. The van der Waals surface area contributed by atoms with Gasteiger partial charge in [-0.2, -0.15) is 0 Å². The van der Waals surface area contributed by atoms with E-state index >= 15 is 0 Å². The summed E-state index contributed by atoms with van der Waals surface area (Å²) in [5.41, 5.74) is 1.17. The van der Waals surface area contributed by atoms with Crippen molar-refractivity contribution in [3.05, 3.63) is 59.0 Å². The first-order valence-electron chi connectivity index (χ1n) is 7.55. The number of anilines is 1. The molecule has 3 rings (SSSR count). The minimum absolute atomic E-state index is 0.0945. The molecule has 1 fully saturated rings. The van der Waals surface area contributed by atoms with E-state index in [9.17, 15) is 19.8 Å². The fraction of sp³-hybridized carbons (Fsp3) is 0.0556. The van der Waals surface area contributed by atoms with E-state index in [1.165, 1.54) is 29.2 Å². The van der Waals surface area contributed by atoms with Crippen molar-refractivity contribution in [2.45, 2.75) is 0 Å². The lowest BCUT2D eigenvalue weighted by molar-refractivity contribution is -0.126. The molecule has 1 aliphatic rings. The molecule has 132 valence electrons. The van der Waals surface area contributed by atoms with Crippen LogP contribution in [0, 0.1) is 0 Å². The average molecular weight is 386 g/mol. The van der Waals surface area contributed by atoms with Crippen molar-refractivity contribution in [3.63, 3.8) is 0 Å². The van der Waals surface area contributed by atoms with Crippen LogP contribution in [0.5, 0.6) is 11.5 Å². The van der Waals surface area contributed by atoms with Gasteiger partial charge in [0.2, 0.25) is 5.91 Å². The van der Waals surface area contributed by atoms with Crippen molar-refractivity contribution in [1.82, 2.24) is 4.90 Å². The van der Waals surface area contributed by atoms with Crippen LogP contribution in [0.1, 0.15) is 5.56 Å². The van der Waals surface area contributed by atoms with Gasteiger partial charge in [-0.15, -0.1) is 0 Å². The smallest absolute Gasteiger partial charge is 0.266 e. The fourth-order valence-corrected chi connectivity index (χ4v) is 3.55.